The Morgan fingerprint density at radius 2 is 1.95 bits per heavy atom. The summed E-state index contributed by atoms with van der Waals surface area (Å²) in [5.41, 5.74) is 4.03. The number of rotatable bonds is 2. The molecule has 0 radical (unpaired) electrons. The molecule has 20 heavy (non-hydrogen) atoms. The van der Waals surface area contributed by atoms with E-state index in [1.54, 1.807) is 0 Å². The molecule has 3 heteroatoms. The topological polar surface area (TPSA) is 49.3 Å². The van der Waals surface area contributed by atoms with Crippen molar-refractivity contribution in [3.05, 3.63) is 28.8 Å². The first kappa shape index (κ1) is 13.6. The van der Waals surface area contributed by atoms with Crippen LogP contribution in [0.5, 0.6) is 0 Å². The second-order valence-electron chi connectivity index (χ2n) is 6.36. The molecule has 1 aliphatic heterocycles. The summed E-state index contributed by atoms with van der Waals surface area (Å²) in [7, 11) is 0. The molecule has 108 valence electrons. The van der Waals surface area contributed by atoms with E-state index in [0.717, 1.165) is 35.2 Å². The first-order valence-corrected chi connectivity index (χ1v) is 7.71. The third-order valence-corrected chi connectivity index (χ3v) is 4.93. The van der Waals surface area contributed by atoms with E-state index in [1.807, 2.05) is 26.0 Å². The van der Waals surface area contributed by atoms with E-state index in [-0.39, 0.29) is 17.9 Å². The van der Waals surface area contributed by atoms with Crippen molar-refractivity contribution in [3.8, 4) is 0 Å². The van der Waals surface area contributed by atoms with Crippen LogP contribution in [0.1, 0.15) is 67.7 Å². The summed E-state index contributed by atoms with van der Waals surface area (Å²) < 4.78 is 0. The Labute approximate surface area is 120 Å². The van der Waals surface area contributed by atoms with Gasteiger partial charge in [-0.15, -0.1) is 0 Å². The molecule has 0 bridgehead atoms. The fraction of sp³-hybridized carbons (Fsp3) is 0.588. The van der Waals surface area contributed by atoms with Gasteiger partial charge >= 0.3 is 0 Å². The molecule has 1 saturated carbocycles. The molecule has 1 fully saturated rings. The molecule has 2 unspecified atom stereocenters. The molecule has 0 aromatic heterocycles. The van der Waals surface area contributed by atoms with E-state index in [9.17, 15) is 9.90 Å². The zero-order valence-electron chi connectivity index (χ0n) is 12.3. The zero-order chi connectivity index (χ0) is 14.3. The number of carbonyl (C=O) groups excluding carboxylic acids is 1. The highest BCUT2D eigenvalue weighted by atomic mass is 16.3. The van der Waals surface area contributed by atoms with Gasteiger partial charge in [-0.2, -0.15) is 0 Å². The molecule has 2 N–H and O–H groups in total. The number of aryl methyl sites for hydroxylation is 1. The fourth-order valence-electron chi connectivity index (χ4n) is 3.62. The highest BCUT2D eigenvalue weighted by molar-refractivity contribution is 6.03. The molecule has 1 amide bonds. The molecule has 1 aromatic carbocycles. The number of benzene rings is 1. The highest BCUT2D eigenvalue weighted by Gasteiger charge is 2.30. The van der Waals surface area contributed by atoms with Gasteiger partial charge in [0.25, 0.3) is 0 Å². The number of hydrogen-bond donors (Lipinski definition) is 2. The maximum absolute atomic E-state index is 11.8. The average Bonchev–Trinajstić information content (AvgIpc) is 2.76. The van der Waals surface area contributed by atoms with Crippen LogP contribution in [-0.2, 0) is 4.79 Å². The lowest BCUT2D eigenvalue weighted by Gasteiger charge is -2.27. The summed E-state index contributed by atoms with van der Waals surface area (Å²) >= 11 is 0. The number of nitrogens with one attached hydrogen (secondary N) is 1. The van der Waals surface area contributed by atoms with Crippen LogP contribution in [0.15, 0.2) is 12.1 Å². The molecule has 2 aliphatic rings. The van der Waals surface area contributed by atoms with Crippen molar-refractivity contribution in [1.29, 1.82) is 0 Å². The fourth-order valence-corrected chi connectivity index (χ4v) is 3.62. The molecular weight excluding hydrogens is 250 g/mol. The lowest BCUT2D eigenvalue weighted by molar-refractivity contribution is -0.116. The largest absolute Gasteiger partial charge is 0.388 e. The van der Waals surface area contributed by atoms with Crippen LogP contribution < -0.4 is 5.32 Å². The van der Waals surface area contributed by atoms with Gasteiger partial charge in [0.05, 0.1) is 12.0 Å². The second-order valence-corrected chi connectivity index (χ2v) is 6.36. The van der Waals surface area contributed by atoms with Crippen LogP contribution in [0, 0.1) is 12.8 Å². The smallest absolute Gasteiger partial charge is 0.231 e. The van der Waals surface area contributed by atoms with Crippen molar-refractivity contribution in [1.82, 2.24) is 0 Å². The van der Waals surface area contributed by atoms with Crippen molar-refractivity contribution < 1.29 is 9.90 Å². The van der Waals surface area contributed by atoms with Gasteiger partial charge in [0.1, 0.15) is 0 Å². The van der Waals surface area contributed by atoms with Crippen LogP contribution >= 0.6 is 0 Å². The lowest BCUT2D eigenvalue weighted by atomic mass is 9.81. The van der Waals surface area contributed by atoms with Gasteiger partial charge in [0.15, 0.2) is 0 Å². The van der Waals surface area contributed by atoms with Gasteiger partial charge in [0, 0.05) is 5.69 Å². The van der Waals surface area contributed by atoms with Crippen LogP contribution in [0.4, 0.5) is 5.69 Å². The van der Waals surface area contributed by atoms with E-state index in [0.29, 0.717) is 5.92 Å². The minimum atomic E-state index is -0.387. The summed E-state index contributed by atoms with van der Waals surface area (Å²) in [6.45, 7) is 3.94. The predicted octanol–water partition coefficient (Wildman–Crippen LogP) is 3.66. The van der Waals surface area contributed by atoms with Crippen molar-refractivity contribution in [3.63, 3.8) is 0 Å². The number of aliphatic hydroxyl groups excluding tert-OH is 1. The number of amides is 1. The monoisotopic (exact) mass is 273 g/mol. The van der Waals surface area contributed by atoms with Crippen LogP contribution in [-0.4, -0.2) is 11.0 Å². The van der Waals surface area contributed by atoms with Crippen molar-refractivity contribution in [2.75, 3.05) is 5.32 Å². The van der Waals surface area contributed by atoms with Gasteiger partial charge in [-0.3, -0.25) is 4.79 Å². The minimum absolute atomic E-state index is 0.0624. The van der Waals surface area contributed by atoms with E-state index < -0.39 is 0 Å². The van der Waals surface area contributed by atoms with E-state index >= 15 is 0 Å². The first-order chi connectivity index (χ1) is 9.58. The SMILES string of the molecule is Cc1cc(C(O)C2CCCCC2)cc2c1NC(=O)C2C. The van der Waals surface area contributed by atoms with Crippen molar-refractivity contribution >= 4 is 11.6 Å². The second kappa shape index (κ2) is 5.21. The summed E-state index contributed by atoms with van der Waals surface area (Å²) in [6, 6.07) is 4.07. The molecule has 0 spiro atoms. The Bertz CT molecular complexity index is 532. The number of aliphatic hydroxyl groups is 1. The van der Waals surface area contributed by atoms with Gasteiger partial charge in [-0.1, -0.05) is 31.4 Å². The quantitative estimate of drug-likeness (QED) is 0.864. The Morgan fingerprint density at radius 3 is 2.65 bits per heavy atom. The number of fused-ring (bicyclic) bond motifs is 1. The maximum Gasteiger partial charge on any atom is 0.231 e. The lowest BCUT2D eigenvalue weighted by Crippen LogP contribution is -2.16. The van der Waals surface area contributed by atoms with Gasteiger partial charge in [0.2, 0.25) is 5.91 Å². The van der Waals surface area contributed by atoms with E-state index in [1.165, 1.54) is 19.3 Å². The Morgan fingerprint density at radius 1 is 1.25 bits per heavy atom. The Kier molecular flexibility index (Phi) is 3.55. The number of carbonyl (C=O) groups is 1. The van der Waals surface area contributed by atoms with Crippen molar-refractivity contribution in [2.24, 2.45) is 5.92 Å². The van der Waals surface area contributed by atoms with Crippen molar-refractivity contribution in [2.45, 2.75) is 58.0 Å². The van der Waals surface area contributed by atoms with Gasteiger partial charge in [-0.25, -0.2) is 0 Å². The maximum atomic E-state index is 11.8. The molecule has 0 saturated heterocycles. The highest BCUT2D eigenvalue weighted by Crippen LogP contribution is 2.40. The molecule has 1 aromatic rings. The summed E-state index contributed by atoms with van der Waals surface area (Å²) in [4.78, 5) is 11.8. The summed E-state index contributed by atoms with van der Waals surface area (Å²) in [5.74, 6) is 0.330. The van der Waals surface area contributed by atoms with E-state index in [4.69, 9.17) is 0 Å². The number of anilines is 1. The third-order valence-electron chi connectivity index (χ3n) is 4.93. The standard InChI is InChI=1S/C17H23NO2/c1-10-8-13(16(19)12-6-4-3-5-7-12)9-14-11(2)17(20)18-15(10)14/h8-9,11-12,16,19H,3-7H2,1-2H3,(H,18,20). The van der Waals surface area contributed by atoms with Gasteiger partial charge < -0.3 is 10.4 Å². The molecule has 2 atom stereocenters. The molecule has 1 heterocycles. The first-order valence-electron chi connectivity index (χ1n) is 7.71. The number of hydrogen-bond acceptors (Lipinski definition) is 2. The van der Waals surface area contributed by atoms with Crippen LogP contribution in [0.2, 0.25) is 0 Å². The van der Waals surface area contributed by atoms with E-state index in [2.05, 4.69) is 5.32 Å². The molecular formula is C17H23NO2. The summed E-state index contributed by atoms with van der Waals surface area (Å²) in [6.07, 6.45) is 5.59. The minimum Gasteiger partial charge on any atom is -0.388 e. The Balaban J connectivity index is 1.91. The molecule has 1 aliphatic carbocycles. The Hall–Kier alpha value is -1.35. The van der Waals surface area contributed by atoms with Gasteiger partial charge in [-0.05, 0) is 49.3 Å². The molecule has 3 nitrogen and oxygen atoms in total. The molecule has 3 rings (SSSR count). The normalized spacial score (nSPS) is 24.4. The predicted molar refractivity (Wildman–Crippen MR) is 79.8 cm³/mol. The van der Waals surface area contributed by atoms with Crippen LogP contribution in [0.25, 0.3) is 0 Å². The average molecular weight is 273 g/mol. The third kappa shape index (κ3) is 2.24. The van der Waals surface area contributed by atoms with Crippen LogP contribution in [0.3, 0.4) is 0 Å². The zero-order valence-corrected chi connectivity index (χ0v) is 12.3. The summed E-state index contributed by atoms with van der Waals surface area (Å²) in [5, 5.41) is 13.6.